The van der Waals surface area contributed by atoms with Crippen molar-refractivity contribution in [3.8, 4) is 0 Å². The first-order chi connectivity index (χ1) is 9.57. The number of hydrogen-bond donors (Lipinski definition) is 1. The normalized spacial score (nSPS) is 23.9. The van der Waals surface area contributed by atoms with Gasteiger partial charge in [0.25, 0.3) is 0 Å². The van der Waals surface area contributed by atoms with Crippen molar-refractivity contribution < 1.29 is 9.53 Å². The number of carbonyl (C=O) groups excluding carboxylic acids is 1. The first-order valence-electron chi connectivity index (χ1n) is 8.08. The molecule has 20 heavy (non-hydrogen) atoms. The van der Waals surface area contributed by atoms with Crippen LogP contribution in [0.3, 0.4) is 0 Å². The molecule has 0 saturated carbocycles. The van der Waals surface area contributed by atoms with Gasteiger partial charge in [0.1, 0.15) is 5.54 Å². The van der Waals surface area contributed by atoms with Crippen molar-refractivity contribution in [2.24, 2.45) is 0 Å². The summed E-state index contributed by atoms with van der Waals surface area (Å²) in [6, 6.07) is 0.733. The minimum Gasteiger partial charge on any atom is -0.468 e. The van der Waals surface area contributed by atoms with Crippen LogP contribution in [-0.4, -0.2) is 49.7 Å². The third-order valence-corrected chi connectivity index (χ3v) is 4.78. The molecule has 1 saturated heterocycles. The maximum Gasteiger partial charge on any atom is 0.325 e. The molecule has 2 unspecified atom stereocenters. The van der Waals surface area contributed by atoms with Crippen molar-refractivity contribution in [3.63, 3.8) is 0 Å². The minimum absolute atomic E-state index is 0.164. The maximum atomic E-state index is 11.8. The summed E-state index contributed by atoms with van der Waals surface area (Å²) in [4.78, 5) is 14.4. The highest BCUT2D eigenvalue weighted by Gasteiger charge is 2.32. The van der Waals surface area contributed by atoms with E-state index in [4.69, 9.17) is 4.74 Å². The van der Waals surface area contributed by atoms with E-state index in [9.17, 15) is 4.79 Å². The lowest BCUT2D eigenvalue weighted by atomic mass is 9.95. The quantitative estimate of drug-likeness (QED) is 0.730. The van der Waals surface area contributed by atoms with Crippen LogP contribution in [0.1, 0.15) is 58.8 Å². The zero-order valence-electron chi connectivity index (χ0n) is 13.7. The lowest BCUT2D eigenvalue weighted by molar-refractivity contribution is -0.148. The highest BCUT2D eigenvalue weighted by Crippen LogP contribution is 2.21. The molecule has 4 heteroatoms. The van der Waals surface area contributed by atoms with E-state index in [0.717, 1.165) is 25.4 Å². The van der Waals surface area contributed by atoms with E-state index in [1.807, 2.05) is 14.0 Å². The molecule has 1 aliphatic rings. The second-order valence-electron chi connectivity index (χ2n) is 6.12. The SMILES string of the molecule is CCC1CCCCCN1CCCC(C)(NC)C(=O)OC. The molecule has 2 atom stereocenters. The number of nitrogens with zero attached hydrogens (tertiary/aromatic N) is 1. The molecular formula is C16H32N2O2. The summed E-state index contributed by atoms with van der Waals surface area (Å²) in [5.74, 6) is -0.164. The summed E-state index contributed by atoms with van der Waals surface area (Å²) in [5, 5.41) is 3.11. The van der Waals surface area contributed by atoms with E-state index >= 15 is 0 Å². The average Bonchev–Trinajstić information content (AvgIpc) is 2.71. The standard InChI is InChI=1S/C16H32N2O2/c1-5-14-10-7-6-8-12-18(14)13-9-11-16(2,17-3)15(19)20-4/h14,17H,5-13H2,1-4H3. The maximum absolute atomic E-state index is 11.8. The van der Waals surface area contributed by atoms with Crippen molar-refractivity contribution in [1.29, 1.82) is 0 Å². The first kappa shape index (κ1) is 17.4. The summed E-state index contributed by atoms with van der Waals surface area (Å²) < 4.78 is 4.90. The molecule has 0 bridgehead atoms. The molecule has 1 fully saturated rings. The molecule has 0 radical (unpaired) electrons. The molecule has 0 aromatic rings. The molecule has 0 amide bonds. The van der Waals surface area contributed by atoms with Crippen LogP contribution < -0.4 is 5.32 Å². The number of rotatable bonds is 7. The summed E-state index contributed by atoms with van der Waals surface area (Å²) in [6.07, 6.45) is 8.47. The summed E-state index contributed by atoms with van der Waals surface area (Å²) in [6.45, 7) is 6.52. The fourth-order valence-corrected chi connectivity index (χ4v) is 3.18. The van der Waals surface area contributed by atoms with Crippen molar-refractivity contribution in [1.82, 2.24) is 10.2 Å². The van der Waals surface area contributed by atoms with Gasteiger partial charge in [-0.05, 0) is 59.2 Å². The zero-order chi connectivity index (χ0) is 15.0. The number of methoxy groups -OCH3 is 1. The zero-order valence-corrected chi connectivity index (χ0v) is 13.7. The highest BCUT2D eigenvalue weighted by atomic mass is 16.5. The van der Waals surface area contributed by atoms with E-state index in [0.29, 0.717) is 0 Å². The Hall–Kier alpha value is -0.610. The Balaban J connectivity index is 2.46. The second kappa shape index (κ2) is 8.63. The van der Waals surface area contributed by atoms with Gasteiger partial charge in [0, 0.05) is 6.04 Å². The van der Waals surface area contributed by atoms with Crippen LogP contribution in [0.2, 0.25) is 0 Å². The van der Waals surface area contributed by atoms with Gasteiger partial charge in [-0.25, -0.2) is 0 Å². The van der Waals surface area contributed by atoms with E-state index < -0.39 is 5.54 Å². The molecule has 0 aromatic carbocycles. The summed E-state index contributed by atoms with van der Waals surface area (Å²) >= 11 is 0. The minimum atomic E-state index is -0.553. The van der Waals surface area contributed by atoms with Crippen molar-refractivity contribution in [2.75, 3.05) is 27.2 Å². The van der Waals surface area contributed by atoms with Crippen LogP contribution in [0.4, 0.5) is 0 Å². The fraction of sp³-hybridized carbons (Fsp3) is 0.938. The molecule has 0 spiro atoms. The third kappa shape index (κ3) is 4.74. The van der Waals surface area contributed by atoms with Crippen molar-refractivity contribution in [2.45, 2.75) is 70.4 Å². The van der Waals surface area contributed by atoms with Gasteiger partial charge in [0.2, 0.25) is 0 Å². The van der Waals surface area contributed by atoms with Crippen LogP contribution in [0.15, 0.2) is 0 Å². The molecule has 1 heterocycles. The van der Waals surface area contributed by atoms with Crippen LogP contribution in [0.25, 0.3) is 0 Å². The average molecular weight is 284 g/mol. The van der Waals surface area contributed by atoms with Gasteiger partial charge >= 0.3 is 5.97 Å². The molecule has 1 aliphatic heterocycles. The number of ether oxygens (including phenoxy) is 1. The lowest BCUT2D eigenvalue weighted by Gasteiger charge is -2.31. The van der Waals surface area contributed by atoms with Crippen molar-refractivity contribution >= 4 is 5.97 Å². The topological polar surface area (TPSA) is 41.6 Å². The molecular weight excluding hydrogens is 252 g/mol. The van der Waals surface area contributed by atoms with Crippen LogP contribution >= 0.6 is 0 Å². The van der Waals surface area contributed by atoms with E-state index in [1.54, 1.807) is 0 Å². The van der Waals surface area contributed by atoms with Gasteiger partial charge in [-0.1, -0.05) is 19.8 Å². The van der Waals surface area contributed by atoms with Crippen LogP contribution in [-0.2, 0) is 9.53 Å². The van der Waals surface area contributed by atoms with Gasteiger partial charge < -0.3 is 15.0 Å². The monoisotopic (exact) mass is 284 g/mol. The second-order valence-corrected chi connectivity index (χ2v) is 6.12. The Morgan fingerprint density at radius 1 is 1.40 bits per heavy atom. The Morgan fingerprint density at radius 2 is 2.15 bits per heavy atom. The van der Waals surface area contributed by atoms with Crippen molar-refractivity contribution in [3.05, 3.63) is 0 Å². The Kier molecular flexibility index (Phi) is 7.52. The number of hydrogen-bond acceptors (Lipinski definition) is 4. The number of likely N-dealkylation sites (tertiary alicyclic amines) is 1. The van der Waals surface area contributed by atoms with Gasteiger partial charge in [0.05, 0.1) is 7.11 Å². The third-order valence-electron chi connectivity index (χ3n) is 4.78. The molecule has 0 aliphatic carbocycles. The molecule has 118 valence electrons. The number of esters is 1. The largest absolute Gasteiger partial charge is 0.468 e. The van der Waals surface area contributed by atoms with Crippen LogP contribution in [0, 0.1) is 0 Å². The molecule has 0 aromatic heterocycles. The summed E-state index contributed by atoms with van der Waals surface area (Å²) in [5.41, 5.74) is -0.553. The number of nitrogens with one attached hydrogen (secondary N) is 1. The Morgan fingerprint density at radius 3 is 2.75 bits per heavy atom. The van der Waals surface area contributed by atoms with Gasteiger partial charge in [-0.2, -0.15) is 0 Å². The predicted molar refractivity (Wildman–Crippen MR) is 82.8 cm³/mol. The first-order valence-corrected chi connectivity index (χ1v) is 8.08. The number of carbonyl (C=O) groups is 1. The Bertz CT molecular complexity index is 296. The van der Waals surface area contributed by atoms with Crippen LogP contribution in [0.5, 0.6) is 0 Å². The lowest BCUT2D eigenvalue weighted by Crippen LogP contribution is -2.49. The predicted octanol–water partition coefficient (Wildman–Crippen LogP) is 2.57. The van der Waals surface area contributed by atoms with E-state index in [2.05, 4.69) is 17.1 Å². The molecule has 4 nitrogen and oxygen atoms in total. The van der Waals surface area contributed by atoms with Gasteiger partial charge in [-0.15, -0.1) is 0 Å². The smallest absolute Gasteiger partial charge is 0.325 e. The Labute approximate surface area is 124 Å². The molecule has 1 rings (SSSR count). The van der Waals surface area contributed by atoms with Gasteiger partial charge in [-0.3, -0.25) is 4.79 Å². The summed E-state index contributed by atoms with van der Waals surface area (Å²) in [7, 11) is 3.29. The van der Waals surface area contributed by atoms with E-state index in [-0.39, 0.29) is 5.97 Å². The molecule has 1 N–H and O–H groups in total. The van der Waals surface area contributed by atoms with Gasteiger partial charge in [0.15, 0.2) is 0 Å². The fourth-order valence-electron chi connectivity index (χ4n) is 3.18. The highest BCUT2D eigenvalue weighted by molar-refractivity contribution is 5.80. The number of likely N-dealkylation sites (N-methyl/N-ethyl adjacent to an activating group) is 1. The van der Waals surface area contributed by atoms with E-state index in [1.165, 1.54) is 45.8 Å².